The summed E-state index contributed by atoms with van der Waals surface area (Å²) < 4.78 is 0. The minimum absolute atomic E-state index is 0.107. The molecule has 43 heavy (non-hydrogen) atoms. The maximum Gasteiger partial charge on any atom is 0.0810 e. The highest BCUT2D eigenvalue weighted by molar-refractivity contribution is 6.09. The first-order chi connectivity index (χ1) is 20.5. The predicted molar refractivity (Wildman–Crippen MR) is 192 cm³/mol. The second-order valence-electron chi connectivity index (χ2n) is 13.7. The zero-order valence-corrected chi connectivity index (χ0v) is 29.1. The number of aryl methyl sites for hydroxylation is 2. The van der Waals surface area contributed by atoms with Crippen LogP contribution in [0.2, 0.25) is 0 Å². The van der Waals surface area contributed by atoms with E-state index in [0.29, 0.717) is 0 Å². The molecule has 0 N–H and O–H groups in total. The van der Waals surface area contributed by atoms with Gasteiger partial charge in [0.25, 0.3) is 0 Å². The number of hydrogen-bond donors (Lipinski definition) is 0. The average molecular weight is 581 g/mol. The largest absolute Gasteiger partial charge is 0.284 e. The number of benzene rings is 2. The van der Waals surface area contributed by atoms with Crippen LogP contribution in [-0.4, -0.2) is 23.5 Å². The molecular formula is C41H60N2. The van der Waals surface area contributed by atoms with E-state index in [-0.39, 0.29) is 11.0 Å². The van der Waals surface area contributed by atoms with Crippen LogP contribution >= 0.6 is 0 Å². The van der Waals surface area contributed by atoms with Gasteiger partial charge in [-0.15, -0.1) is 0 Å². The third-order valence-corrected chi connectivity index (χ3v) is 9.85. The van der Waals surface area contributed by atoms with E-state index in [1.807, 2.05) is 0 Å². The van der Waals surface area contributed by atoms with Crippen LogP contribution in [0.15, 0.2) is 75.7 Å². The van der Waals surface area contributed by atoms with Gasteiger partial charge in [-0.1, -0.05) is 115 Å². The lowest BCUT2D eigenvalue weighted by atomic mass is 9.74. The first kappa shape index (κ1) is 34.7. The van der Waals surface area contributed by atoms with Crippen molar-refractivity contribution in [2.24, 2.45) is 9.98 Å². The Kier molecular flexibility index (Phi) is 12.8. The average Bonchev–Trinajstić information content (AvgIpc) is 3.62. The van der Waals surface area contributed by atoms with Gasteiger partial charge in [0.15, 0.2) is 0 Å². The fraction of sp³-hybridized carbons (Fsp3) is 0.561. The molecule has 1 fully saturated rings. The van der Waals surface area contributed by atoms with Crippen LogP contribution in [0.1, 0.15) is 137 Å². The monoisotopic (exact) mass is 580 g/mol. The third kappa shape index (κ3) is 8.46. The SMILES string of the molecule is C=C(C)C1(N=C(C)CCCC)CCCC1.CCCCc1cc(CC)ccc1-c1ccccc1C(C)(C)C1=NCC(C)=C1C. The van der Waals surface area contributed by atoms with Gasteiger partial charge in [-0.25, -0.2) is 0 Å². The first-order valence-corrected chi connectivity index (χ1v) is 17.1. The second-order valence-corrected chi connectivity index (χ2v) is 13.7. The zero-order valence-electron chi connectivity index (χ0n) is 29.1. The summed E-state index contributed by atoms with van der Waals surface area (Å²) in [6.07, 6.45) is 13.4. The van der Waals surface area contributed by atoms with Crippen molar-refractivity contribution < 1.29 is 0 Å². The molecule has 0 amide bonds. The molecule has 4 rings (SSSR count). The molecule has 0 atom stereocenters. The molecule has 2 heteroatoms. The summed E-state index contributed by atoms with van der Waals surface area (Å²) >= 11 is 0. The fourth-order valence-electron chi connectivity index (χ4n) is 6.85. The summed E-state index contributed by atoms with van der Waals surface area (Å²) in [4.78, 5) is 9.88. The van der Waals surface area contributed by atoms with Gasteiger partial charge in [0.1, 0.15) is 0 Å². The van der Waals surface area contributed by atoms with Crippen LogP contribution in [0.5, 0.6) is 0 Å². The molecule has 234 valence electrons. The van der Waals surface area contributed by atoms with Gasteiger partial charge in [-0.2, -0.15) is 0 Å². The Morgan fingerprint density at radius 1 is 0.930 bits per heavy atom. The van der Waals surface area contributed by atoms with Gasteiger partial charge in [0, 0.05) is 16.8 Å². The lowest BCUT2D eigenvalue weighted by molar-refractivity contribution is 0.519. The van der Waals surface area contributed by atoms with Crippen LogP contribution in [0.25, 0.3) is 11.1 Å². The molecule has 2 nitrogen and oxygen atoms in total. The van der Waals surface area contributed by atoms with Gasteiger partial charge >= 0.3 is 0 Å². The van der Waals surface area contributed by atoms with Crippen molar-refractivity contribution in [2.45, 2.75) is 144 Å². The molecule has 1 aliphatic carbocycles. The highest BCUT2D eigenvalue weighted by Crippen LogP contribution is 2.40. The molecule has 0 bridgehead atoms. The topological polar surface area (TPSA) is 24.7 Å². The van der Waals surface area contributed by atoms with Gasteiger partial charge < -0.3 is 0 Å². The van der Waals surface area contributed by atoms with E-state index in [1.54, 1.807) is 0 Å². The van der Waals surface area contributed by atoms with E-state index >= 15 is 0 Å². The second kappa shape index (κ2) is 15.8. The zero-order chi connectivity index (χ0) is 31.6. The number of rotatable bonds is 12. The van der Waals surface area contributed by atoms with Crippen molar-refractivity contribution in [1.29, 1.82) is 0 Å². The molecular weight excluding hydrogens is 520 g/mol. The van der Waals surface area contributed by atoms with Crippen LogP contribution in [0.3, 0.4) is 0 Å². The predicted octanol–water partition coefficient (Wildman–Crippen LogP) is 11.9. The molecule has 2 aromatic rings. The number of aliphatic imine (C=N–C) groups is 2. The van der Waals surface area contributed by atoms with E-state index in [2.05, 4.69) is 111 Å². The highest BCUT2D eigenvalue weighted by atomic mass is 14.9. The summed E-state index contributed by atoms with van der Waals surface area (Å²) in [6.45, 7) is 25.2. The van der Waals surface area contributed by atoms with Gasteiger partial charge in [-0.05, 0) is 112 Å². The van der Waals surface area contributed by atoms with Crippen LogP contribution in [0.4, 0.5) is 0 Å². The van der Waals surface area contributed by atoms with E-state index < -0.39 is 0 Å². The van der Waals surface area contributed by atoms with E-state index in [1.165, 1.54) is 107 Å². The van der Waals surface area contributed by atoms with Crippen molar-refractivity contribution in [3.63, 3.8) is 0 Å². The summed E-state index contributed by atoms with van der Waals surface area (Å²) in [5, 5.41) is 0. The smallest absolute Gasteiger partial charge is 0.0810 e. The lowest BCUT2D eigenvalue weighted by Gasteiger charge is -2.30. The van der Waals surface area contributed by atoms with Crippen molar-refractivity contribution in [1.82, 2.24) is 0 Å². The minimum atomic E-state index is -0.107. The number of nitrogens with zero attached hydrogens (tertiary/aromatic N) is 2. The number of hydrogen-bond acceptors (Lipinski definition) is 2. The fourth-order valence-corrected chi connectivity index (χ4v) is 6.85. The van der Waals surface area contributed by atoms with Crippen molar-refractivity contribution in [3.05, 3.63) is 82.5 Å². The van der Waals surface area contributed by atoms with Crippen molar-refractivity contribution in [3.8, 4) is 11.1 Å². The Balaban J connectivity index is 0.000000285. The molecule has 2 aromatic carbocycles. The Bertz CT molecular complexity index is 1330. The van der Waals surface area contributed by atoms with Crippen LogP contribution in [0, 0.1) is 0 Å². The standard InChI is InChI=1S/C27H35N.C14H25N/c1-7-9-12-22-17-21(8-2)15-16-23(22)24-13-10-11-14-25(24)27(5,6)26-20(4)19(3)18-28-26;1-5-6-9-13(4)15-14(12(2)3)10-7-8-11-14/h10-11,13-17H,7-9,12,18H2,1-6H3;2,5-11H2,1,3-4H3. The molecule has 2 aliphatic rings. The highest BCUT2D eigenvalue weighted by Gasteiger charge is 2.34. The molecule has 1 heterocycles. The molecule has 0 saturated heterocycles. The molecule has 1 aliphatic heterocycles. The van der Waals surface area contributed by atoms with Crippen LogP contribution in [-0.2, 0) is 18.3 Å². The van der Waals surface area contributed by atoms with E-state index in [9.17, 15) is 0 Å². The maximum atomic E-state index is 4.96. The van der Waals surface area contributed by atoms with Gasteiger partial charge in [0.05, 0.1) is 12.1 Å². The Hall–Kier alpha value is -2.74. The van der Waals surface area contributed by atoms with E-state index in [4.69, 9.17) is 9.98 Å². The minimum Gasteiger partial charge on any atom is -0.284 e. The summed E-state index contributed by atoms with van der Waals surface area (Å²) in [5.74, 6) is 0. The van der Waals surface area contributed by atoms with E-state index in [0.717, 1.165) is 25.8 Å². The normalized spacial score (nSPS) is 16.7. The molecule has 1 saturated carbocycles. The third-order valence-electron chi connectivity index (χ3n) is 9.85. The maximum absolute atomic E-state index is 4.96. The Labute approximate surface area is 264 Å². The van der Waals surface area contributed by atoms with Gasteiger partial charge in [0.2, 0.25) is 0 Å². The summed E-state index contributed by atoms with van der Waals surface area (Å²) in [6, 6.07) is 16.0. The number of allylic oxidation sites excluding steroid dienone is 1. The summed E-state index contributed by atoms with van der Waals surface area (Å²) in [5.41, 5.74) is 13.7. The Morgan fingerprint density at radius 3 is 2.19 bits per heavy atom. The Morgan fingerprint density at radius 2 is 1.60 bits per heavy atom. The molecule has 0 radical (unpaired) electrons. The molecule has 0 spiro atoms. The van der Waals surface area contributed by atoms with Crippen molar-refractivity contribution in [2.75, 3.05) is 6.54 Å². The van der Waals surface area contributed by atoms with Crippen molar-refractivity contribution >= 4 is 11.4 Å². The quantitative estimate of drug-likeness (QED) is 0.176. The molecule has 0 aromatic heterocycles. The lowest BCUT2D eigenvalue weighted by Crippen LogP contribution is -2.30. The first-order valence-electron chi connectivity index (χ1n) is 17.1. The molecule has 0 unspecified atom stereocenters. The van der Waals surface area contributed by atoms with Gasteiger partial charge in [-0.3, -0.25) is 9.98 Å². The van der Waals surface area contributed by atoms with Crippen LogP contribution < -0.4 is 0 Å². The number of unbranched alkanes of at least 4 members (excludes halogenated alkanes) is 2. The summed E-state index contributed by atoms with van der Waals surface area (Å²) in [7, 11) is 0.